The molecule has 1 aromatic heterocycles. The maximum Gasteiger partial charge on any atom is 0.254 e. The monoisotopic (exact) mass is 378 g/mol. The molecule has 142 valence electrons. The second-order valence-corrected chi connectivity index (χ2v) is 5.65. The number of aliphatic hydroxyl groups is 1. The van der Waals surface area contributed by atoms with Gasteiger partial charge in [0, 0.05) is 25.2 Å². The molecule has 1 aromatic carbocycles. The Labute approximate surface area is 162 Å². The van der Waals surface area contributed by atoms with Crippen molar-refractivity contribution in [3.63, 3.8) is 0 Å². The first-order chi connectivity index (χ1) is 13.5. The van der Waals surface area contributed by atoms with Crippen LogP contribution in [0.4, 0.5) is 0 Å². The lowest BCUT2D eigenvalue weighted by molar-refractivity contribution is -0.135. The number of amides is 2. The first kappa shape index (κ1) is 20.5. The first-order valence-corrected chi connectivity index (χ1v) is 8.24. The summed E-state index contributed by atoms with van der Waals surface area (Å²) in [7, 11) is 2.68. The van der Waals surface area contributed by atoms with Gasteiger partial charge >= 0.3 is 0 Å². The summed E-state index contributed by atoms with van der Waals surface area (Å²) in [6, 6.07) is 6.67. The Morgan fingerprint density at radius 1 is 1.11 bits per heavy atom. The number of likely N-dealkylation sites (N-methyl/N-ethyl adjacent to an activating group) is 2. The molecule has 0 saturated carbocycles. The summed E-state index contributed by atoms with van der Waals surface area (Å²) in [5, 5.41) is 11.4. The third-order valence-electron chi connectivity index (χ3n) is 3.79. The van der Waals surface area contributed by atoms with Gasteiger partial charge in [0.1, 0.15) is 12.9 Å². The van der Waals surface area contributed by atoms with Crippen molar-refractivity contribution < 1.29 is 23.9 Å². The van der Waals surface area contributed by atoms with Crippen molar-refractivity contribution in [2.24, 2.45) is 0 Å². The van der Waals surface area contributed by atoms with Crippen LogP contribution in [0.1, 0.15) is 21.5 Å². The fourth-order valence-electron chi connectivity index (χ4n) is 2.32. The van der Waals surface area contributed by atoms with Crippen LogP contribution in [0.3, 0.4) is 0 Å². The summed E-state index contributed by atoms with van der Waals surface area (Å²) in [6.45, 7) is -0.843. The number of carbonyl (C=O) groups is 3. The van der Waals surface area contributed by atoms with Gasteiger partial charge in [0.25, 0.3) is 5.91 Å². The molecule has 0 aliphatic carbocycles. The van der Waals surface area contributed by atoms with E-state index in [0.29, 0.717) is 5.56 Å². The van der Waals surface area contributed by atoms with Crippen LogP contribution >= 0.6 is 0 Å². The highest BCUT2D eigenvalue weighted by atomic mass is 16.3. The molecule has 0 saturated heterocycles. The molecule has 0 aliphatic heterocycles. The zero-order valence-corrected chi connectivity index (χ0v) is 15.4. The molecule has 0 spiro atoms. The molecule has 0 aliphatic rings. The maximum atomic E-state index is 12.6. The smallest absolute Gasteiger partial charge is 0.254 e. The minimum atomic E-state index is -1.40. The fraction of sp³-hybridized carbons (Fsp3) is 0.190. The molecule has 1 atom stereocenters. The van der Waals surface area contributed by atoms with Crippen molar-refractivity contribution in [2.75, 3.05) is 20.7 Å². The highest BCUT2D eigenvalue weighted by Gasteiger charge is 2.32. The van der Waals surface area contributed by atoms with E-state index in [1.165, 1.54) is 38.8 Å². The van der Waals surface area contributed by atoms with E-state index in [1.54, 1.807) is 18.2 Å². The minimum absolute atomic E-state index is 0.275. The Hall–Kier alpha value is -3.81. The van der Waals surface area contributed by atoms with Crippen LogP contribution in [0.15, 0.2) is 47.3 Å². The molecule has 2 aromatic rings. The van der Waals surface area contributed by atoms with Crippen LogP contribution in [0.2, 0.25) is 0 Å². The third kappa shape index (κ3) is 5.10. The van der Waals surface area contributed by atoms with Gasteiger partial charge in [-0.15, -0.1) is 0 Å². The van der Waals surface area contributed by atoms with E-state index in [0.717, 1.165) is 10.5 Å². The van der Waals surface area contributed by atoms with E-state index in [2.05, 4.69) is 29.0 Å². The van der Waals surface area contributed by atoms with Crippen molar-refractivity contribution in [1.29, 1.82) is 0 Å². The number of benzene rings is 1. The van der Waals surface area contributed by atoms with Crippen molar-refractivity contribution in [3.8, 4) is 23.7 Å². The normalized spacial score (nSPS) is 10.5. The number of nitrogens with zero attached hydrogens (tertiary/aromatic N) is 1. The van der Waals surface area contributed by atoms with Crippen LogP contribution in [-0.4, -0.2) is 54.3 Å². The molecule has 0 radical (unpaired) electrons. The van der Waals surface area contributed by atoms with Crippen LogP contribution < -0.4 is 5.32 Å². The average molecular weight is 378 g/mol. The molecule has 1 unspecified atom stereocenters. The van der Waals surface area contributed by atoms with E-state index in [1.807, 2.05) is 0 Å². The minimum Gasteiger partial charge on any atom is -0.471 e. The number of furan rings is 1. The molecule has 2 rings (SSSR count). The zero-order chi connectivity index (χ0) is 20.5. The predicted molar refractivity (Wildman–Crippen MR) is 101 cm³/mol. The highest BCUT2D eigenvalue weighted by molar-refractivity contribution is 6.10. The second-order valence-electron chi connectivity index (χ2n) is 5.65. The predicted octanol–water partition coefficient (Wildman–Crippen LogP) is 0.431. The summed E-state index contributed by atoms with van der Waals surface area (Å²) in [5.41, 5.74) is 1.65. The molecular weight excluding hydrogens is 360 g/mol. The Morgan fingerprint density at radius 2 is 1.75 bits per heavy atom. The third-order valence-corrected chi connectivity index (χ3v) is 3.79. The van der Waals surface area contributed by atoms with E-state index >= 15 is 0 Å². The first-order valence-electron chi connectivity index (χ1n) is 8.24. The molecule has 2 N–H and O–H groups in total. The van der Waals surface area contributed by atoms with E-state index < -0.39 is 30.2 Å². The van der Waals surface area contributed by atoms with Crippen LogP contribution in [0.5, 0.6) is 0 Å². The number of hydrogen-bond acceptors (Lipinski definition) is 5. The number of nitrogens with one attached hydrogen (secondary N) is 1. The van der Waals surface area contributed by atoms with Crippen LogP contribution in [0, 0.1) is 23.7 Å². The zero-order valence-electron chi connectivity index (χ0n) is 15.4. The molecule has 28 heavy (non-hydrogen) atoms. The molecule has 7 heteroatoms. The molecular formula is C21H18N2O5. The van der Waals surface area contributed by atoms with Crippen LogP contribution in [-0.2, 0) is 9.59 Å². The summed E-state index contributed by atoms with van der Waals surface area (Å²) in [6.07, 6.45) is 3.03. The lowest BCUT2D eigenvalue weighted by atomic mass is 10.1. The second kappa shape index (κ2) is 9.77. The lowest BCUT2D eigenvalue weighted by Gasteiger charge is -2.25. The quantitative estimate of drug-likeness (QED) is 0.581. The highest BCUT2D eigenvalue weighted by Crippen LogP contribution is 2.10. The van der Waals surface area contributed by atoms with Crippen molar-refractivity contribution in [3.05, 3.63) is 59.5 Å². The number of hydrogen-bond donors (Lipinski definition) is 2. The largest absolute Gasteiger partial charge is 0.471 e. The number of rotatable bonds is 5. The Kier molecular flexibility index (Phi) is 7.15. The van der Waals surface area contributed by atoms with Gasteiger partial charge in [-0.25, -0.2) is 0 Å². The molecule has 7 nitrogen and oxygen atoms in total. The van der Waals surface area contributed by atoms with Gasteiger partial charge in [0.15, 0.2) is 11.8 Å². The summed E-state index contributed by atoms with van der Waals surface area (Å²) in [5.74, 6) is 9.08. The molecule has 0 bridgehead atoms. The van der Waals surface area contributed by atoms with Gasteiger partial charge in [0.05, 0.1) is 11.8 Å². The Morgan fingerprint density at radius 3 is 2.29 bits per heavy atom. The lowest BCUT2D eigenvalue weighted by Crippen LogP contribution is -2.52. The van der Waals surface area contributed by atoms with Gasteiger partial charge in [-0.1, -0.05) is 5.92 Å². The molecule has 2 amide bonds. The van der Waals surface area contributed by atoms with Crippen molar-refractivity contribution in [2.45, 2.75) is 6.04 Å². The number of Topliss-reactive ketones (excluding diaryl/α,β-unsaturated/α-hetero) is 1. The fourth-order valence-corrected chi connectivity index (χ4v) is 2.32. The molecule has 1 heterocycles. The number of carbonyl (C=O) groups excluding carboxylic acids is 3. The number of ketones is 1. The maximum absolute atomic E-state index is 12.6. The number of aliphatic hydroxyl groups excluding tert-OH is 1. The van der Waals surface area contributed by atoms with E-state index in [9.17, 15) is 14.4 Å². The van der Waals surface area contributed by atoms with Gasteiger partial charge in [-0.05, 0) is 48.1 Å². The standard InChI is InChI=1S/C21H18N2O5/c1-22-20(26)19(18(25)13-24)23(2)21(27)17-9-7-15(8-10-17)5-3-4-6-16-11-12-28-14-16/h7-12,14,19,24H,13H2,1-2H3,(H,22,26). The van der Waals surface area contributed by atoms with Gasteiger partial charge in [-0.2, -0.15) is 0 Å². The van der Waals surface area contributed by atoms with Crippen molar-refractivity contribution >= 4 is 17.6 Å². The SMILES string of the molecule is CNC(=O)C(C(=O)CO)N(C)C(=O)c1ccc(C#CC#Cc2ccoc2)cc1. The summed E-state index contributed by atoms with van der Waals surface area (Å²) in [4.78, 5) is 37.3. The Balaban J connectivity index is 2.12. The summed E-state index contributed by atoms with van der Waals surface area (Å²) < 4.78 is 4.90. The summed E-state index contributed by atoms with van der Waals surface area (Å²) >= 11 is 0. The van der Waals surface area contributed by atoms with E-state index in [-0.39, 0.29) is 5.56 Å². The van der Waals surface area contributed by atoms with Gasteiger partial charge in [-0.3, -0.25) is 14.4 Å². The van der Waals surface area contributed by atoms with Crippen LogP contribution in [0.25, 0.3) is 0 Å². The van der Waals surface area contributed by atoms with Crippen molar-refractivity contribution in [1.82, 2.24) is 10.2 Å². The average Bonchev–Trinajstić information content (AvgIpc) is 3.24. The molecule has 0 fully saturated rings. The van der Waals surface area contributed by atoms with Gasteiger partial charge in [0.2, 0.25) is 5.91 Å². The topological polar surface area (TPSA) is 99.9 Å². The van der Waals surface area contributed by atoms with Gasteiger partial charge < -0.3 is 19.7 Å². The van der Waals surface area contributed by atoms with E-state index in [4.69, 9.17) is 9.52 Å². The Bertz CT molecular complexity index is 954.